The molecule has 4 N–H and O–H groups in total. The second-order valence-electron chi connectivity index (χ2n) is 4.18. The van der Waals surface area contributed by atoms with Crippen LogP contribution in [0.2, 0.25) is 0 Å². The molecule has 1 atom stereocenters. The molecule has 0 bridgehead atoms. The van der Waals surface area contributed by atoms with Crippen molar-refractivity contribution in [1.82, 2.24) is 10.3 Å². The minimum Gasteiger partial charge on any atom is -0.467 e. The van der Waals surface area contributed by atoms with Crippen molar-refractivity contribution in [2.24, 2.45) is 5.84 Å². The van der Waals surface area contributed by atoms with Crippen LogP contribution in [-0.2, 0) is 6.54 Å². The highest BCUT2D eigenvalue weighted by Crippen LogP contribution is 2.21. The highest BCUT2D eigenvalue weighted by atomic mass is 16.3. The smallest absolute Gasteiger partial charge is 0.268 e. The highest BCUT2D eigenvalue weighted by molar-refractivity contribution is 5.94. The molecular weight excluding hydrogens is 222 g/mol. The Morgan fingerprint density at radius 1 is 1.71 bits per heavy atom. The molecule has 2 rings (SSSR count). The number of furan rings is 1. The molecule has 6 nitrogen and oxygen atoms in total. The van der Waals surface area contributed by atoms with Crippen LogP contribution < -0.4 is 11.3 Å². The lowest BCUT2D eigenvalue weighted by Gasteiger charge is -2.21. The van der Waals surface area contributed by atoms with E-state index in [1.165, 1.54) is 6.26 Å². The summed E-state index contributed by atoms with van der Waals surface area (Å²) in [6, 6.07) is 1.76. The van der Waals surface area contributed by atoms with Crippen molar-refractivity contribution in [3.63, 3.8) is 0 Å². The normalized spacial score (nSPS) is 20.7. The van der Waals surface area contributed by atoms with Crippen LogP contribution in [0.5, 0.6) is 0 Å². The zero-order valence-electron chi connectivity index (χ0n) is 9.56. The van der Waals surface area contributed by atoms with Crippen LogP contribution in [0, 0.1) is 0 Å². The molecule has 1 aliphatic rings. The van der Waals surface area contributed by atoms with Gasteiger partial charge in [0.05, 0.1) is 25.0 Å². The van der Waals surface area contributed by atoms with E-state index >= 15 is 0 Å². The molecule has 0 saturated carbocycles. The van der Waals surface area contributed by atoms with E-state index in [-0.39, 0.29) is 18.6 Å². The largest absolute Gasteiger partial charge is 0.467 e. The first kappa shape index (κ1) is 12.1. The Morgan fingerprint density at radius 3 is 3.24 bits per heavy atom. The topological polar surface area (TPSA) is 91.7 Å². The molecule has 1 aromatic rings. The first-order chi connectivity index (χ1) is 8.26. The number of carbonyl (C=O) groups is 1. The SMILES string of the molecule is NNC(=O)c1ccoc1CN1CCCC1CO. The average molecular weight is 239 g/mol. The van der Waals surface area contributed by atoms with E-state index < -0.39 is 0 Å². The number of carbonyl (C=O) groups excluding carboxylic acids is 1. The first-order valence-electron chi connectivity index (χ1n) is 5.68. The third-order valence-electron chi connectivity index (χ3n) is 3.18. The molecular formula is C11H17N3O3. The molecule has 94 valence electrons. The van der Waals surface area contributed by atoms with Gasteiger partial charge in [-0.05, 0) is 25.5 Å². The summed E-state index contributed by atoms with van der Waals surface area (Å²) in [6.45, 7) is 1.58. The number of hydrogen-bond donors (Lipinski definition) is 3. The number of hydrogen-bond acceptors (Lipinski definition) is 5. The van der Waals surface area contributed by atoms with Gasteiger partial charge in [0.15, 0.2) is 0 Å². The third kappa shape index (κ3) is 2.49. The minimum atomic E-state index is -0.353. The minimum absolute atomic E-state index is 0.138. The highest BCUT2D eigenvalue weighted by Gasteiger charge is 2.26. The molecule has 0 radical (unpaired) electrons. The van der Waals surface area contributed by atoms with E-state index in [1.807, 2.05) is 0 Å². The van der Waals surface area contributed by atoms with Gasteiger partial charge in [0.2, 0.25) is 0 Å². The lowest BCUT2D eigenvalue weighted by Crippen LogP contribution is -2.34. The fraction of sp³-hybridized carbons (Fsp3) is 0.545. The summed E-state index contributed by atoms with van der Waals surface area (Å²) in [5.74, 6) is 5.34. The van der Waals surface area contributed by atoms with Gasteiger partial charge >= 0.3 is 0 Å². The molecule has 17 heavy (non-hydrogen) atoms. The first-order valence-corrected chi connectivity index (χ1v) is 5.68. The summed E-state index contributed by atoms with van der Waals surface area (Å²) >= 11 is 0. The predicted octanol–water partition coefficient (Wildman–Crippen LogP) is -0.160. The number of nitrogens with zero attached hydrogens (tertiary/aromatic N) is 1. The van der Waals surface area contributed by atoms with Crippen molar-refractivity contribution in [2.45, 2.75) is 25.4 Å². The van der Waals surface area contributed by atoms with Crippen molar-refractivity contribution in [2.75, 3.05) is 13.2 Å². The standard InChI is InChI=1S/C11H17N3O3/c12-13-11(16)9-3-5-17-10(9)6-14-4-1-2-8(14)7-15/h3,5,8,15H,1-2,4,6-7,12H2,(H,13,16). The number of likely N-dealkylation sites (tertiary alicyclic amines) is 1. The van der Waals surface area contributed by atoms with E-state index in [1.54, 1.807) is 6.07 Å². The number of hydrazine groups is 1. The number of nitrogen functional groups attached to an aromatic ring is 1. The molecule has 1 unspecified atom stereocenters. The van der Waals surface area contributed by atoms with Gasteiger partial charge in [-0.3, -0.25) is 15.1 Å². The van der Waals surface area contributed by atoms with Crippen LogP contribution in [0.25, 0.3) is 0 Å². The number of aliphatic hydroxyl groups excluding tert-OH is 1. The maximum atomic E-state index is 11.5. The number of amides is 1. The molecule has 1 fully saturated rings. The van der Waals surface area contributed by atoms with E-state index in [4.69, 9.17) is 10.3 Å². The van der Waals surface area contributed by atoms with Crippen molar-refractivity contribution < 1.29 is 14.3 Å². The van der Waals surface area contributed by atoms with Crippen LogP contribution in [0.4, 0.5) is 0 Å². The molecule has 2 heterocycles. The Kier molecular flexibility index (Phi) is 3.78. The lowest BCUT2D eigenvalue weighted by atomic mass is 10.2. The second-order valence-corrected chi connectivity index (χ2v) is 4.18. The number of aliphatic hydroxyl groups is 1. The molecule has 0 spiro atoms. The zero-order valence-corrected chi connectivity index (χ0v) is 9.56. The monoisotopic (exact) mass is 239 g/mol. The number of rotatable bonds is 4. The summed E-state index contributed by atoms with van der Waals surface area (Å²) in [5.41, 5.74) is 2.55. The molecule has 1 aromatic heterocycles. The van der Waals surface area contributed by atoms with Gasteiger partial charge in [0.25, 0.3) is 5.91 Å². The van der Waals surface area contributed by atoms with E-state index in [0.717, 1.165) is 19.4 Å². The molecule has 1 aliphatic heterocycles. The van der Waals surface area contributed by atoms with Crippen LogP contribution in [-0.4, -0.2) is 35.1 Å². The van der Waals surface area contributed by atoms with Gasteiger partial charge in [0.1, 0.15) is 5.76 Å². The quantitative estimate of drug-likeness (QED) is 0.386. The predicted molar refractivity (Wildman–Crippen MR) is 60.9 cm³/mol. The van der Waals surface area contributed by atoms with Crippen LogP contribution in [0.1, 0.15) is 29.0 Å². The fourth-order valence-corrected chi connectivity index (χ4v) is 2.24. The van der Waals surface area contributed by atoms with Crippen molar-refractivity contribution in [3.05, 3.63) is 23.7 Å². The number of nitrogens with two attached hydrogens (primary N) is 1. The van der Waals surface area contributed by atoms with Crippen LogP contribution >= 0.6 is 0 Å². The fourth-order valence-electron chi connectivity index (χ4n) is 2.24. The Morgan fingerprint density at radius 2 is 2.53 bits per heavy atom. The maximum absolute atomic E-state index is 11.5. The molecule has 0 aromatic carbocycles. The number of nitrogens with one attached hydrogen (secondary N) is 1. The van der Waals surface area contributed by atoms with E-state index in [0.29, 0.717) is 17.9 Å². The Bertz CT molecular complexity index is 391. The summed E-state index contributed by atoms with van der Waals surface area (Å²) < 4.78 is 5.30. The van der Waals surface area contributed by atoms with E-state index in [9.17, 15) is 9.90 Å². The van der Waals surface area contributed by atoms with Crippen molar-refractivity contribution in [1.29, 1.82) is 0 Å². The summed E-state index contributed by atoms with van der Waals surface area (Å²) in [6.07, 6.45) is 3.52. The molecule has 1 amide bonds. The van der Waals surface area contributed by atoms with Gasteiger partial charge < -0.3 is 9.52 Å². The van der Waals surface area contributed by atoms with Crippen LogP contribution in [0.3, 0.4) is 0 Å². The van der Waals surface area contributed by atoms with Gasteiger partial charge in [-0.2, -0.15) is 0 Å². The maximum Gasteiger partial charge on any atom is 0.268 e. The molecule has 0 aliphatic carbocycles. The zero-order chi connectivity index (χ0) is 12.3. The van der Waals surface area contributed by atoms with Crippen molar-refractivity contribution in [3.8, 4) is 0 Å². The molecule has 1 saturated heterocycles. The van der Waals surface area contributed by atoms with Gasteiger partial charge in [0, 0.05) is 6.04 Å². The Balaban J connectivity index is 2.08. The van der Waals surface area contributed by atoms with Crippen molar-refractivity contribution >= 4 is 5.91 Å². The summed E-state index contributed by atoms with van der Waals surface area (Å²) in [5, 5.41) is 9.22. The summed E-state index contributed by atoms with van der Waals surface area (Å²) in [4.78, 5) is 13.6. The lowest BCUT2D eigenvalue weighted by molar-refractivity contribution is 0.0948. The average Bonchev–Trinajstić information content (AvgIpc) is 2.97. The van der Waals surface area contributed by atoms with Gasteiger partial charge in [-0.25, -0.2) is 5.84 Å². The van der Waals surface area contributed by atoms with Crippen LogP contribution in [0.15, 0.2) is 16.7 Å². The van der Waals surface area contributed by atoms with E-state index in [2.05, 4.69) is 10.3 Å². The Labute approximate surface area is 99.3 Å². The van der Waals surface area contributed by atoms with Gasteiger partial charge in [-0.1, -0.05) is 0 Å². The van der Waals surface area contributed by atoms with Gasteiger partial charge in [-0.15, -0.1) is 0 Å². The summed E-state index contributed by atoms with van der Waals surface area (Å²) in [7, 11) is 0. The molecule has 6 heteroatoms. The third-order valence-corrected chi connectivity index (χ3v) is 3.18. The Hall–Kier alpha value is -1.37. The second kappa shape index (κ2) is 5.31.